The Labute approximate surface area is 136 Å². The van der Waals surface area contributed by atoms with Gasteiger partial charge in [0.25, 0.3) is 5.56 Å². The fraction of sp³-hybridized carbons (Fsp3) is 0.267. The van der Waals surface area contributed by atoms with Crippen molar-refractivity contribution in [2.75, 3.05) is 18.1 Å². The van der Waals surface area contributed by atoms with Gasteiger partial charge in [-0.1, -0.05) is 23.7 Å². The van der Waals surface area contributed by atoms with E-state index in [1.54, 1.807) is 6.07 Å². The van der Waals surface area contributed by atoms with Crippen LogP contribution >= 0.6 is 11.6 Å². The van der Waals surface area contributed by atoms with Gasteiger partial charge in [-0.25, -0.2) is 0 Å². The van der Waals surface area contributed by atoms with Gasteiger partial charge in [-0.3, -0.25) is 14.9 Å². The summed E-state index contributed by atoms with van der Waals surface area (Å²) in [4.78, 5) is 21.2. The molecule has 2 heterocycles. The molecule has 0 fully saturated rings. The SMILES string of the molecule is O=c1[nH]c(N(CCCO)Cc2cccc(Cl)c2)nc2[nH]ncc12. The molecule has 2 aromatic heterocycles. The summed E-state index contributed by atoms with van der Waals surface area (Å²) >= 11 is 6.02. The molecular weight excluding hydrogens is 318 g/mol. The molecule has 0 bridgehead atoms. The summed E-state index contributed by atoms with van der Waals surface area (Å²) in [7, 11) is 0. The first-order chi connectivity index (χ1) is 11.2. The lowest BCUT2D eigenvalue weighted by Crippen LogP contribution is -2.28. The molecule has 1 aromatic carbocycles. The molecule has 3 N–H and O–H groups in total. The number of hydrogen-bond acceptors (Lipinski definition) is 5. The van der Waals surface area contributed by atoms with Gasteiger partial charge in [0, 0.05) is 24.7 Å². The number of nitrogens with one attached hydrogen (secondary N) is 2. The Morgan fingerprint density at radius 2 is 2.22 bits per heavy atom. The van der Waals surface area contributed by atoms with Crippen molar-refractivity contribution in [3.05, 3.63) is 51.4 Å². The fourth-order valence-corrected chi connectivity index (χ4v) is 2.57. The van der Waals surface area contributed by atoms with Crippen LogP contribution in [0.25, 0.3) is 11.0 Å². The average molecular weight is 334 g/mol. The molecule has 0 radical (unpaired) electrons. The van der Waals surface area contributed by atoms with E-state index in [-0.39, 0.29) is 12.2 Å². The molecule has 0 aliphatic carbocycles. The number of fused-ring (bicyclic) bond motifs is 1. The second-order valence-corrected chi connectivity index (χ2v) is 5.59. The molecule has 0 saturated heterocycles. The van der Waals surface area contributed by atoms with Gasteiger partial charge in [0.15, 0.2) is 5.65 Å². The molecule has 0 aliphatic heterocycles. The monoisotopic (exact) mass is 333 g/mol. The van der Waals surface area contributed by atoms with Crippen molar-refractivity contribution in [1.82, 2.24) is 20.2 Å². The Morgan fingerprint density at radius 3 is 3.00 bits per heavy atom. The number of nitrogens with zero attached hydrogens (tertiary/aromatic N) is 3. The largest absolute Gasteiger partial charge is 0.396 e. The molecule has 0 atom stereocenters. The summed E-state index contributed by atoms with van der Waals surface area (Å²) in [5.74, 6) is 0.431. The van der Waals surface area contributed by atoms with Crippen LogP contribution in [0.3, 0.4) is 0 Å². The van der Waals surface area contributed by atoms with Crippen LogP contribution in [0.2, 0.25) is 5.02 Å². The van der Waals surface area contributed by atoms with Gasteiger partial charge in [0.05, 0.1) is 6.20 Å². The lowest BCUT2D eigenvalue weighted by molar-refractivity contribution is 0.289. The van der Waals surface area contributed by atoms with Crippen molar-refractivity contribution < 1.29 is 5.11 Å². The summed E-state index contributed by atoms with van der Waals surface area (Å²) < 4.78 is 0. The molecule has 0 aliphatic rings. The predicted molar refractivity (Wildman–Crippen MR) is 88.7 cm³/mol. The van der Waals surface area contributed by atoms with E-state index < -0.39 is 0 Å². The minimum Gasteiger partial charge on any atom is -0.396 e. The Hall–Kier alpha value is -2.38. The fourth-order valence-electron chi connectivity index (χ4n) is 2.36. The predicted octanol–water partition coefficient (Wildman–Crippen LogP) is 1.69. The molecule has 23 heavy (non-hydrogen) atoms. The molecule has 3 aromatic rings. The molecule has 120 valence electrons. The maximum absolute atomic E-state index is 12.1. The Bertz CT molecular complexity index is 860. The summed E-state index contributed by atoms with van der Waals surface area (Å²) in [5.41, 5.74) is 1.17. The zero-order chi connectivity index (χ0) is 16.2. The number of hydrogen-bond donors (Lipinski definition) is 3. The molecule has 3 rings (SSSR count). The van der Waals surface area contributed by atoms with E-state index in [0.29, 0.717) is 41.5 Å². The molecule has 0 saturated carbocycles. The van der Waals surface area contributed by atoms with E-state index in [4.69, 9.17) is 16.7 Å². The van der Waals surface area contributed by atoms with E-state index in [9.17, 15) is 4.79 Å². The van der Waals surface area contributed by atoms with Gasteiger partial charge in [-0.05, 0) is 24.1 Å². The third kappa shape index (κ3) is 3.52. The maximum atomic E-state index is 12.1. The quantitative estimate of drug-likeness (QED) is 0.637. The number of aromatic nitrogens is 4. The third-order valence-corrected chi connectivity index (χ3v) is 3.69. The van der Waals surface area contributed by atoms with Gasteiger partial charge in [0.1, 0.15) is 5.39 Å². The van der Waals surface area contributed by atoms with Gasteiger partial charge < -0.3 is 10.0 Å². The van der Waals surface area contributed by atoms with Crippen LogP contribution in [-0.2, 0) is 6.54 Å². The normalized spacial score (nSPS) is 11.0. The highest BCUT2D eigenvalue weighted by Gasteiger charge is 2.13. The smallest absolute Gasteiger partial charge is 0.263 e. The number of aliphatic hydroxyl groups is 1. The summed E-state index contributed by atoms with van der Waals surface area (Å²) in [6, 6.07) is 7.49. The molecular formula is C15H16ClN5O2. The summed E-state index contributed by atoms with van der Waals surface area (Å²) in [5, 5.41) is 16.7. The highest BCUT2D eigenvalue weighted by Crippen LogP contribution is 2.16. The van der Waals surface area contributed by atoms with E-state index in [1.165, 1.54) is 6.20 Å². The molecule has 0 spiro atoms. The lowest BCUT2D eigenvalue weighted by atomic mass is 10.2. The van der Waals surface area contributed by atoms with Crippen LogP contribution in [-0.4, -0.2) is 38.4 Å². The number of rotatable bonds is 6. The van der Waals surface area contributed by atoms with Crippen LogP contribution in [0, 0.1) is 0 Å². The van der Waals surface area contributed by atoms with Gasteiger partial charge >= 0.3 is 0 Å². The first-order valence-corrected chi connectivity index (χ1v) is 7.59. The molecule has 8 heteroatoms. The van der Waals surface area contributed by atoms with Crippen LogP contribution < -0.4 is 10.5 Å². The van der Waals surface area contributed by atoms with E-state index >= 15 is 0 Å². The Balaban J connectivity index is 1.94. The van der Waals surface area contributed by atoms with Crippen molar-refractivity contribution in [3.63, 3.8) is 0 Å². The second-order valence-electron chi connectivity index (χ2n) is 5.15. The van der Waals surface area contributed by atoms with E-state index in [0.717, 1.165) is 5.56 Å². The first kappa shape index (κ1) is 15.5. The number of aliphatic hydroxyl groups excluding tert-OH is 1. The van der Waals surface area contributed by atoms with Crippen molar-refractivity contribution in [2.24, 2.45) is 0 Å². The summed E-state index contributed by atoms with van der Waals surface area (Å²) in [6.07, 6.45) is 2.01. The number of halogens is 1. The summed E-state index contributed by atoms with van der Waals surface area (Å²) in [6.45, 7) is 1.12. The zero-order valence-electron chi connectivity index (χ0n) is 12.3. The highest BCUT2D eigenvalue weighted by atomic mass is 35.5. The Morgan fingerprint density at radius 1 is 1.35 bits per heavy atom. The van der Waals surface area contributed by atoms with Crippen LogP contribution in [0.5, 0.6) is 0 Å². The van der Waals surface area contributed by atoms with Gasteiger partial charge in [0.2, 0.25) is 5.95 Å². The first-order valence-electron chi connectivity index (χ1n) is 7.21. The number of benzene rings is 1. The standard InChI is InChI=1S/C15H16ClN5O2/c16-11-4-1-3-10(7-11)9-21(5-2-6-22)15-18-13-12(8-17-20-13)14(23)19-15/h1,3-4,7-8,22H,2,5-6,9H2,(H2,17,18,19,20,23). The highest BCUT2D eigenvalue weighted by molar-refractivity contribution is 6.30. The third-order valence-electron chi connectivity index (χ3n) is 3.46. The minimum absolute atomic E-state index is 0.0581. The Kier molecular flexibility index (Phi) is 4.59. The van der Waals surface area contributed by atoms with Crippen molar-refractivity contribution in [3.8, 4) is 0 Å². The molecule has 0 amide bonds. The van der Waals surface area contributed by atoms with E-state index in [1.807, 2.05) is 23.1 Å². The van der Waals surface area contributed by atoms with Crippen molar-refractivity contribution >= 4 is 28.6 Å². The van der Waals surface area contributed by atoms with E-state index in [2.05, 4.69) is 20.2 Å². The minimum atomic E-state index is -0.251. The lowest BCUT2D eigenvalue weighted by Gasteiger charge is -2.23. The van der Waals surface area contributed by atoms with Crippen LogP contribution in [0.4, 0.5) is 5.95 Å². The van der Waals surface area contributed by atoms with Crippen LogP contribution in [0.15, 0.2) is 35.3 Å². The number of aromatic amines is 2. The molecule has 7 nitrogen and oxygen atoms in total. The van der Waals surface area contributed by atoms with Gasteiger partial charge in [-0.15, -0.1) is 0 Å². The second kappa shape index (κ2) is 6.80. The van der Waals surface area contributed by atoms with Crippen LogP contribution in [0.1, 0.15) is 12.0 Å². The average Bonchev–Trinajstić information content (AvgIpc) is 3.00. The number of H-pyrrole nitrogens is 2. The maximum Gasteiger partial charge on any atom is 0.263 e. The number of anilines is 1. The zero-order valence-corrected chi connectivity index (χ0v) is 13.0. The topological polar surface area (TPSA) is 97.9 Å². The van der Waals surface area contributed by atoms with Crippen molar-refractivity contribution in [1.29, 1.82) is 0 Å². The van der Waals surface area contributed by atoms with Crippen molar-refractivity contribution in [2.45, 2.75) is 13.0 Å². The molecule has 0 unspecified atom stereocenters. The van der Waals surface area contributed by atoms with Gasteiger partial charge in [-0.2, -0.15) is 10.1 Å².